The molecule has 1 saturated carbocycles. The van der Waals surface area contributed by atoms with Crippen LogP contribution in [0.3, 0.4) is 0 Å². The molecule has 1 aliphatic carbocycles. The van der Waals surface area contributed by atoms with E-state index in [2.05, 4.69) is 4.98 Å². The van der Waals surface area contributed by atoms with Gasteiger partial charge in [0.1, 0.15) is 12.2 Å². The molecular formula is C13H17N3O3. The lowest BCUT2D eigenvalue weighted by Gasteiger charge is -2.29. The first kappa shape index (κ1) is 13.3. The number of rotatable bonds is 5. The summed E-state index contributed by atoms with van der Waals surface area (Å²) in [4.78, 5) is 27.9. The van der Waals surface area contributed by atoms with Crippen molar-refractivity contribution in [3.63, 3.8) is 0 Å². The van der Waals surface area contributed by atoms with Crippen molar-refractivity contribution < 1.29 is 14.7 Å². The van der Waals surface area contributed by atoms with E-state index in [9.17, 15) is 9.59 Å². The van der Waals surface area contributed by atoms with Gasteiger partial charge in [-0.25, -0.2) is 0 Å². The molecule has 0 spiro atoms. The van der Waals surface area contributed by atoms with Gasteiger partial charge in [-0.1, -0.05) is 12.8 Å². The van der Waals surface area contributed by atoms with Gasteiger partial charge in [-0.3, -0.25) is 14.6 Å². The highest BCUT2D eigenvalue weighted by Gasteiger charge is 2.25. The lowest BCUT2D eigenvalue weighted by atomic mass is 10.1. The van der Waals surface area contributed by atoms with E-state index in [0.29, 0.717) is 5.69 Å². The van der Waals surface area contributed by atoms with Crippen LogP contribution in [0.4, 0.5) is 5.69 Å². The van der Waals surface area contributed by atoms with E-state index in [1.807, 2.05) is 4.90 Å². The second kappa shape index (κ2) is 5.69. The van der Waals surface area contributed by atoms with E-state index >= 15 is 0 Å². The molecule has 19 heavy (non-hydrogen) atoms. The minimum absolute atomic E-state index is 0.0765. The Bertz CT molecular complexity index is 484. The highest BCUT2D eigenvalue weighted by molar-refractivity contribution is 5.91. The van der Waals surface area contributed by atoms with Gasteiger partial charge in [-0.05, 0) is 25.0 Å². The van der Waals surface area contributed by atoms with Gasteiger partial charge >= 0.3 is 5.97 Å². The van der Waals surface area contributed by atoms with Gasteiger partial charge in [0, 0.05) is 17.9 Å². The van der Waals surface area contributed by atoms with Crippen LogP contribution in [0.5, 0.6) is 0 Å². The predicted molar refractivity (Wildman–Crippen MR) is 70.0 cm³/mol. The van der Waals surface area contributed by atoms with Crippen LogP contribution >= 0.6 is 0 Å². The minimum Gasteiger partial charge on any atom is -0.480 e. The normalized spacial score (nSPS) is 15.4. The summed E-state index contributed by atoms with van der Waals surface area (Å²) in [5.41, 5.74) is 6.05. The third-order valence-corrected chi connectivity index (χ3v) is 3.40. The zero-order chi connectivity index (χ0) is 13.8. The van der Waals surface area contributed by atoms with Crippen molar-refractivity contribution in [1.82, 2.24) is 4.98 Å². The van der Waals surface area contributed by atoms with Crippen LogP contribution in [0.2, 0.25) is 0 Å². The number of pyridine rings is 1. The van der Waals surface area contributed by atoms with Crippen LogP contribution in [-0.2, 0) is 4.79 Å². The number of anilines is 1. The molecule has 0 aliphatic heterocycles. The van der Waals surface area contributed by atoms with Crippen molar-refractivity contribution in [3.8, 4) is 0 Å². The summed E-state index contributed by atoms with van der Waals surface area (Å²) in [6.07, 6.45) is 5.64. The number of carbonyl (C=O) groups excluding carboxylic acids is 1. The molecule has 0 bridgehead atoms. The minimum atomic E-state index is -0.885. The van der Waals surface area contributed by atoms with Gasteiger partial charge in [-0.15, -0.1) is 0 Å². The molecule has 0 unspecified atom stereocenters. The number of carboxylic acid groups (broad SMARTS) is 1. The highest BCUT2D eigenvalue weighted by Crippen LogP contribution is 2.28. The van der Waals surface area contributed by atoms with Crippen molar-refractivity contribution in [2.75, 3.05) is 11.4 Å². The van der Waals surface area contributed by atoms with Gasteiger partial charge in [0.05, 0.1) is 0 Å². The fourth-order valence-corrected chi connectivity index (χ4v) is 2.53. The van der Waals surface area contributed by atoms with Crippen molar-refractivity contribution in [3.05, 3.63) is 24.0 Å². The van der Waals surface area contributed by atoms with E-state index < -0.39 is 11.9 Å². The number of hydrogen-bond donors (Lipinski definition) is 2. The monoisotopic (exact) mass is 263 g/mol. The molecule has 1 heterocycles. The van der Waals surface area contributed by atoms with E-state index in [1.165, 1.54) is 6.20 Å². The molecule has 1 amide bonds. The fraction of sp³-hybridized carbons (Fsp3) is 0.462. The average Bonchev–Trinajstić information content (AvgIpc) is 2.89. The zero-order valence-corrected chi connectivity index (χ0v) is 10.6. The van der Waals surface area contributed by atoms with Crippen LogP contribution < -0.4 is 10.6 Å². The maximum atomic E-state index is 11.1. The van der Waals surface area contributed by atoms with Gasteiger partial charge in [0.15, 0.2) is 0 Å². The second-order valence-electron chi connectivity index (χ2n) is 4.72. The molecule has 1 aromatic rings. The summed E-state index contributed by atoms with van der Waals surface area (Å²) in [5, 5.41) is 9.04. The Morgan fingerprint density at radius 2 is 2.11 bits per heavy atom. The predicted octanol–water partition coefficient (Wildman–Crippen LogP) is 1.01. The van der Waals surface area contributed by atoms with Gasteiger partial charge in [-0.2, -0.15) is 0 Å². The number of aromatic nitrogens is 1. The summed E-state index contributed by atoms with van der Waals surface area (Å²) in [6, 6.07) is 3.48. The largest absolute Gasteiger partial charge is 0.480 e. The maximum absolute atomic E-state index is 11.1. The van der Waals surface area contributed by atoms with Gasteiger partial charge in [0.2, 0.25) is 0 Å². The smallest absolute Gasteiger partial charge is 0.323 e. The van der Waals surface area contributed by atoms with Crippen molar-refractivity contribution in [1.29, 1.82) is 0 Å². The summed E-state index contributed by atoms with van der Waals surface area (Å²) in [7, 11) is 0. The topological polar surface area (TPSA) is 96.5 Å². The Kier molecular flexibility index (Phi) is 3.99. The van der Waals surface area contributed by atoms with E-state index in [-0.39, 0.29) is 18.3 Å². The Labute approximate surface area is 111 Å². The van der Waals surface area contributed by atoms with Gasteiger partial charge < -0.3 is 15.7 Å². The Hall–Kier alpha value is -2.11. The third kappa shape index (κ3) is 3.21. The van der Waals surface area contributed by atoms with E-state index in [4.69, 9.17) is 10.8 Å². The third-order valence-electron chi connectivity index (χ3n) is 3.40. The first-order valence-corrected chi connectivity index (χ1v) is 6.32. The standard InChI is InChI=1S/C13H17N3O3/c14-13(19)11-7-10(5-6-15-11)16(8-12(17)18)9-3-1-2-4-9/h5-7,9H,1-4,8H2,(H2,14,19)(H,17,18). The molecule has 6 heteroatoms. The number of carboxylic acids is 1. The molecule has 0 saturated heterocycles. The molecule has 3 N–H and O–H groups in total. The fourth-order valence-electron chi connectivity index (χ4n) is 2.53. The molecule has 0 radical (unpaired) electrons. The molecule has 1 fully saturated rings. The lowest BCUT2D eigenvalue weighted by molar-refractivity contribution is -0.135. The number of primary amides is 1. The number of aliphatic carboxylic acids is 1. The van der Waals surface area contributed by atoms with Crippen LogP contribution in [-0.4, -0.2) is 34.6 Å². The number of hydrogen-bond acceptors (Lipinski definition) is 4. The molecule has 6 nitrogen and oxygen atoms in total. The second-order valence-corrected chi connectivity index (χ2v) is 4.72. The maximum Gasteiger partial charge on any atom is 0.323 e. The molecule has 0 aromatic carbocycles. The van der Waals surface area contributed by atoms with Crippen LogP contribution in [0.15, 0.2) is 18.3 Å². The quantitative estimate of drug-likeness (QED) is 0.826. The van der Waals surface area contributed by atoms with Crippen LogP contribution in [0, 0.1) is 0 Å². The molecule has 102 valence electrons. The average molecular weight is 263 g/mol. The van der Waals surface area contributed by atoms with Crippen LogP contribution in [0.1, 0.15) is 36.2 Å². The number of nitrogens with zero attached hydrogens (tertiary/aromatic N) is 2. The molecule has 0 atom stereocenters. The van der Waals surface area contributed by atoms with Gasteiger partial charge in [0.25, 0.3) is 5.91 Å². The summed E-state index contributed by atoms with van der Waals surface area (Å²) in [6.45, 7) is -0.0765. The van der Waals surface area contributed by atoms with E-state index in [1.54, 1.807) is 12.1 Å². The first-order valence-electron chi connectivity index (χ1n) is 6.32. The zero-order valence-electron chi connectivity index (χ0n) is 10.6. The van der Waals surface area contributed by atoms with Crippen molar-refractivity contribution in [2.45, 2.75) is 31.7 Å². The number of nitrogens with two attached hydrogens (primary N) is 1. The summed E-state index contributed by atoms with van der Waals surface area (Å²) < 4.78 is 0. The molecule has 1 aromatic heterocycles. The molecular weight excluding hydrogens is 246 g/mol. The molecule has 1 aliphatic rings. The first-order chi connectivity index (χ1) is 9.08. The summed E-state index contributed by atoms with van der Waals surface area (Å²) >= 11 is 0. The Balaban J connectivity index is 2.28. The Morgan fingerprint density at radius 1 is 1.42 bits per heavy atom. The van der Waals surface area contributed by atoms with Crippen LogP contribution in [0.25, 0.3) is 0 Å². The molecule has 2 rings (SSSR count). The summed E-state index contributed by atoms with van der Waals surface area (Å²) in [5.74, 6) is -1.49. The Morgan fingerprint density at radius 3 is 2.68 bits per heavy atom. The lowest BCUT2D eigenvalue weighted by Crippen LogP contribution is -2.37. The highest BCUT2D eigenvalue weighted by atomic mass is 16.4. The SMILES string of the molecule is NC(=O)c1cc(N(CC(=O)O)C2CCCC2)ccn1. The van der Waals surface area contributed by atoms with Crippen molar-refractivity contribution >= 4 is 17.6 Å². The number of carbonyl (C=O) groups is 2. The van der Waals surface area contributed by atoms with E-state index in [0.717, 1.165) is 25.7 Å². The van der Waals surface area contributed by atoms with Crippen molar-refractivity contribution in [2.24, 2.45) is 5.73 Å². The number of amides is 1.